The Morgan fingerprint density at radius 2 is 2.12 bits per heavy atom. The van der Waals surface area contributed by atoms with Crippen LogP contribution in [-0.4, -0.2) is 28.8 Å². The highest BCUT2D eigenvalue weighted by atomic mass is 79.9. The molecule has 1 rings (SSSR count). The van der Waals surface area contributed by atoms with Crippen LogP contribution in [0.1, 0.15) is 24.2 Å². The van der Waals surface area contributed by atoms with Gasteiger partial charge in [0, 0.05) is 17.9 Å². The van der Waals surface area contributed by atoms with E-state index in [0.29, 0.717) is 5.56 Å². The van der Waals surface area contributed by atoms with Gasteiger partial charge in [0.25, 0.3) is 0 Å². The van der Waals surface area contributed by atoms with E-state index < -0.39 is 12.2 Å². The number of carbonyl (C=O) groups excluding carboxylic acids is 1. The second-order valence-corrected chi connectivity index (χ2v) is 4.83. The molecule has 1 amide bonds. The molecule has 94 valence electrons. The number of hydrogen-bond acceptors (Lipinski definition) is 3. The Morgan fingerprint density at radius 1 is 1.47 bits per heavy atom. The maximum Gasteiger partial charge on any atom is 0.216 e. The van der Waals surface area contributed by atoms with Gasteiger partial charge >= 0.3 is 0 Å². The number of benzene rings is 1. The maximum atomic E-state index is 10.7. The summed E-state index contributed by atoms with van der Waals surface area (Å²) in [5.41, 5.74) is 1.66. The van der Waals surface area contributed by atoms with E-state index in [0.717, 1.165) is 10.0 Å². The average molecular weight is 302 g/mol. The highest BCUT2D eigenvalue weighted by molar-refractivity contribution is 9.10. The van der Waals surface area contributed by atoms with E-state index in [1.807, 2.05) is 19.1 Å². The first-order valence-corrected chi connectivity index (χ1v) is 6.07. The van der Waals surface area contributed by atoms with Gasteiger partial charge in [0.05, 0.1) is 0 Å². The second-order valence-electron chi connectivity index (χ2n) is 3.97. The quantitative estimate of drug-likeness (QED) is 0.785. The van der Waals surface area contributed by atoms with E-state index in [9.17, 15) is 15.0 Å². The molecule has 0 aliphatic carbocycles. The molecule has 5 heteroatoms. The van der Waals surface area contributed by atoms with Crippen molar-refractivity contribution >= 4 is 21.8 Å². The zero-order valence-electron chi connectivity index (χ0n) is 9.77. The molecule has 0 fully saturated rings. The van der Waals surface area contributed by atoms with Crippen molar-refractivity contribution in [1.82, 2.24) is 5.32 Å². The van der Waals surface area contributed by atoms with Crippen LogP contribution in [0.25, 0.3) is 0 Å². The Balaban J connectivity index is 2.74. The van der Waals surface area contributed by atoms with Gasteiger partial charge in [-0.25, -0.2) is 0 Å². The molecule has 1 aromatic carbocycles. The largest absolute Gasteiger partial charge is 0.388 e. The van der Waals surface area contributed by atoms with Crippen LogP contribution >= 0.6 is 15.9 Å². The Hall–Kier alpha value is -0.910. The zero-order chi connectivity index (χ0) is 13.0. The summed E-state index contributed by atoms with van der Waals surface area (Å²) in [4.78, 5) is 10.7. The van der Waals surface area contributed by atoms with Crippen molar-refractivity contribution < 1.29 is 15.0 Å². The number of carbonyl (C=O) groups is 1. The number of aryl methyl sites for hydroxylation is 1. The number of aliphatic hydroxyl groups excluding tert-OH is 2. The Bertz CT molecular complexity index is 409. The smallest absolute Gasteiger partial charge is 0.216 e. The lowest BCUT2D eigenvalue weighted by Gasteiger charge is -2.19. The van der Waals surface area contributed by atoms with E-state index >= 15 is 0 Å². The van der Waals surface area contributed by atoms with Gasteiger partial charge in [-0.3, -0.25) is 4.79 Å². The molecule has 17 heavy (non-hydrogen) atoms. The van der Waals surface area contributed by atoms with Crippen LogP contribution in [0.5, 0.6) is 0 Å². The fourth-order valence-electron chi connectivity index (χ4n) is 1.44. The van der Waals surface area contributed by atoms with Crippen molar-refractivity contribution in [3.63, 3.8) is 0 Å². The number of halogens is 1. The molecule has 0 saturated heterocycles. The second kappa shape index (κ2) is 6.14. The molecular formula is C12H16BrNO3. The minimum atomic E-state index is -1.03. The third kappa shape index (κ3) is 4.11. The molecule has 0 aliphatic heterocycles. The summed E-state index contributed by atoms with van der Waals surface area (Å²) in [6, 6.07) is 5.47. The molecule has 0 aromatic heterocycles. The lowest BCUT2D eigenvalue weighted by molar-refractivity contribution is -0.119. The van der Waals surface area contributed by atoms with Crippen LogP contribution in [-0.2, 0) is 4.79 Å². The minimum Gasteiger partial charge on any atom is -0.388 e. The van der Waals surface area contributed by atoms with Crippen molar-refractivity contribution in [3.05, 3.63) is 33.8 Å². The summed E-state index contributed by atoms with van der Waals surface area (Å²) in [7, 11) is 0. The zero-order valence-corrected chi connectivity index (χ0v) is 11.4. The van der Waals surface area contributed by atoms with Gasteiger partial charge < -0.3 is 15.5 Å². The summed E-state index contributed by atoms with van der Waals surface area (Å²) in [5.74, 6) is -0.237. The Labute approximate surface area is 109 Å². The van der Waals surface area contributed by atoms with Gasteiger partial charge in [0.1, 0.15) is 12.2 Å². The van der Waals surface area contributed by atoms with Crippen molar-refractivity contribution in [2.45, 2.75) is 26.1 Å². The molecule has 0 spiro atoms. The van der Waals surface area contributed by atoms with Gasteiger partial charge in [0.2, 0.25) is 5.91 Å². The molecule has 0 aliphatic rings. The molecule has 0 radical (unpaired) electrons. The van der Waals surface area contributed by atoms with Crippen molar-refractivity contribution in [2.24, 2.45) is 0 Å². The number of hydrogen-bond donors (Lipinski definition) is 3. The average Bonchev–Trinajstić information content (AvgIpc) is 2.25. The molecule has 0 saturated carbocycles. The van der Waals surface area contributed by atoms with Crippen molar-refractivity contribution in [3.8, 4) is 0 Å². The number of nitrogens with one attached hydrogen (secondary N) is 1. The first-order chi connectivity index (χ1) is 7.91. The number of aliphatic hydroxyl groups is 2. The normalized spacial score (nSPS) is 14.2. The van der Waals surface area contributed by atoms with Gasteiger partial charge in [-0.05, 0) is 24.1 Å². The van der Waals surface area contributed by atoms with Gasteiger partial charge in [-0.15, -0.1) is 0 Å². The van der Waals surface area contributed by atoms with E-state index in [4.69, 9.17) is 0 Å². The van der Waals surface area contributed by atoms with Crippen LogP contribution in [0.3, 0.4) is 0 Å². The van der Waals surface area contributed by atoms with Crippen LogP contribution < -0.4 is 5.32 Å². The summed E-state index contributed by atoms with van der Waals surface area (Å²) < 4.78 is 0.742. The molecule has 1 aromatic rings. The van der Waals surface area contributed by atoms with Crippen LogP contribution in [0.15, 0.2) is 22.7 Å². The fourth-order valence-corrected chi connectivity index (χ4v) is 2.17. The third-order valence-corrected chi connectivity index (χ3v) is 3.09. The van der Waals surface area contributed by atoms with Crippen LogP contribution in [0.2, 0.25) is 0 Å². The van der Waals surface area contributed by atoms with E-state index in [2.05, 4.69) is 21.2 Å². The SMILES string of the molecule is CC(=O)NCC(O)C(O)c1ccc(C)cc1Br. The minimum absolute atomic E-state index is 0.0246. The first kappa shape index (κ1) is 14.2. The molecule has 0 bridgehead atoms. The van der Waals surface area contributed by atoms with Crippen molar-refractivity contribution in [2.75, 3.05) is 6.54 Å². The van der Waals surface area contributed by atoms with E-state index in [1.165, 1.54) is 6.92 Å². The van der Waals surface area contributed by atoms with Crippen LogP contribution in [0.4, 0.5) is 0 Å². The predicted octanol–water partition coefficient (Wildman–Crippen LogP) is 1.29. The maximum absolute atomic E-state index is 10.7. The summed E-state index contributed by atoms with van der Waals surface area (Å²) in [6.45, 7) is 3.33. The summed E-state index contributed by atoms with van der Waals surface area (Å²) in [5, 5.41) is 22.1. The van der Waals surface area contributed by atoms with Gasteiger partial charge in [0.15, 0.2) is 0 Å². The fraction of sp³-hybridized carbons (Fsp3) is 0.417. The standard InChI is InChI=1S/C12H16BrNO3/c1-7-3-4-9(10(13)5-7)12(17)11(16)6-14-8(2)15/h3-5,11-12,16-17H,6H2,1-2H3,(H,14,15). The topological polar surface area (TPSA) is 69.6 Å². The molecular weight excluding hydrogens is 286 g/mol. The summed E-state index contributed by atoms with van der Waals surface area (Å²) >= 11 is 3.34. The molecule has 2 unspecified atom stereocenters. The highest BCUT2D eigenvalue weighted by Crippen LogP contribution is 2.26. The first-order valence-electron chi connectivity index (χ1n) is 5.28. The van der Waals surface area contributed by atoms with Gasteiger partial charge in [-0.2, -0.15) is 0 Å². The number of amides is 1. The summed E-state index contributed by atoms with van der Waals surface area (Å²) in [6.07, 6.45) is -2.06. The molecule has 0 heterocycles. The van der Waals surface area contributed by atoms with E-state index in [-0.39, 0.29) is 12.5 Å². The van der Waals surface area contributed by atoms with Crippen LogP contribution in [0, 0.1) is 6.92 Å². The Kier molecular flexibility index (Phi) is 5.11. The third-order valence-electron chi connectivity index (χ3n) is 2.40. The lowest BCUT2D eigenvalue weighted by atomic mass is 10.0. The monoisotopic (exact) mass is 301 g/mol. The van der Waals surface area contributed by atoms with E-state index in [1.54, 1.807) is 6.07 Å². The predicted molar refractivity (Wildman–Crippen MR) is 68.5 cm³/mol. The molecule has 4 nitrogen and oxygen atoms in total. The molecule has 3 N–H and O–H groups in total. The van der Waals surface area contributed by atoms with Crippen molar-refractivity contribution in [1.29, 1.82) is 0 Å². The number of rotatable bonds is 4. The van der Waals surface area contributed by atoms with Gasteiger partial charge in [-0.1, -0.05) is 28.1 Å². The highest BCUT2D eigenvalue weighted by Gasteiger charge is 2.20. The Morgan fingerprint density at radius 3 is 2.65 bits per heavy atom. The lowest BCUT2D eigenvalue weighted by Crippen LogP contribution is -2.34. The molecule has 2 atom stereocenters.